The summed E-state index contributed by atoms with van der Waals surface area (Å²) in [5.74, 6) is 0.306. The van der Waals surface area contributed by atoms with Gasteiger partial charge in [0.15, 0.2) is 0 Å². The minimum atomic E-state index is -0.989. The predicted molar refractivity (Wildman–Crippen MR) is 68.6 cm³/mol. The molecule has 2 aromatic rings. The third-order valence-electron chi connectivity index (χ3n) is 2.68. The fraction of sp³-hybridized carbons (Fsp3) is 0.231. The molecule has 2 rings (SSSR count). The van der Waals surface area contributed by atoms with Crippen molar-refractivity contribution in [3.63, 3.8) is 0 Å². The number of hydrogen-bond donors (Lipinski definition) is 1. The zero-order chi connectivity index (χ0) is 13.1. The van der Waals surface area contributed by atoms with Gasteiger partial charge in [-0.05, 0) is 25.1 Å². The minimum Gasteiger partial charge on any atom is -0.494 e. The normalized spacial score (nSPS) is 11.2. The highest BCUT2D eigenvalue weighted by atomic mass is 16.5. The second-order valence-electron chi connectivity index (χ2n) is 3.71. The van der Waals surface area contributed by atoms with Crippen LogP contribution in [-0.2, 0) is 11.3 Å². The van der Waals surface area contributed by atoms with Gasteiger partial charge in [-0.2, -0.15) is 0 Å². The van der Waals surface area contributed by atoms with E-state index in [0.29, 0.717) is 18.1 Å². The lowest BCUT2D eigenvalue weighted by Gasteiger charge is -2.03. The van der Waals surface area contributed by atoms with E-state index in [1.54, 1.807) is 7.11 Å². The lowest BCUT2D eigenvalue weighted by atomic mass is 10.3. The predicted octanol–water partition coefficient (Wildman–Crippen LogP) is 2.16. The van der Waals surface area contributed by atoms with E-state index in [1.807, 2.05) is 29.7 Å². The van der Waals surface area contributed by atoms with E-state index in [4.69, 9.17) is 9.84 Å². The molecule has 1 heterocycles. The molecule has 0 unspecified atom stereocenters. The van der Waals surface area contributed by atoms with Crippen LogP contribution in [0.2, 0.25) is 0 Å². The molecule has 0 saturated carbocycles. The molecule has 0 bridgehead atoms. The summed E-state index contributed by atoms with van der Waals surface area (Å²) >= 11 is 0. The molecule has 94 valence electrons. The molecule has 0 amide bonds. The number of aryl methyl sites for hydroxylation is 1. The number of aliphatic carboxylic acids is 1. The molecule has 0 spiro atoms. The first-order chi connectivity index (χ1) is 8.67. The highest BCUT2D eigenvalue weighted by molar-refractivity contribution is 5.87. The number of benzene rings is 1. The van der Waals surface area contributed by atoms with Crippen LogP contribution in [0.1, 0.15) is 12.7 Å². The minimum absolute atomic E-state index is 0.611. The number of ether oxygens (including phenoxy) is 1. The molecule has 1 N–H and O–H groups in total. The quantitative estimate of drug-likeness (QED) is 0.840. The fourth-order valence-electron chi connectivity index (χ4n) is 1.91. The summed E-state index contributed by atoms with van der Waals surface area (Å²) in [6, 6.07) is 5.66. The van der Waals surface area contributed by atoms with E-state index in [1.165, 1.54) is 6.08 Å². The Kier molecular flexibility index (Phi) is 3.32. The van der Waals surface area contributed by atoms with Crippen LogP contribution < -0.4 is 4.74 Å². The van der Waals surface area contributed by atoms with Crippen molar-refractivity contribution < 1.29 is 14.6 Å². The Hall–Kier alpha value is -2.30. The largest absolute Gasteiger partial charge is 0.494 e. The number of carboxylic acids is 1. The smallest absolute Gasteiger partial charge is 0.328 e. The van der Waals surface area contributed by atoms with Crippen molar-refractivity contribution in [2.24, 2.45) is 0 Å². The van der Waals surface area contributed by atoms with Crippen LogP contribution in [-0.4, -0.2) is 27.7 Å². The lowest BCUT2D eigenvalue weighted by molar-refractivity contribution is -0.131. The van der Waals surface area contributed by atoms with Crippen LogP contribution in [0.5, 0.6) is 5.75 Å². The second-order valence-corrected chi connectivity index (χ2v) is 3.71. The third kappa shape index (κ3) is 2.07. The van der Waals surface area contributed by atoms with E-state index < -0.39 is 5.97 Å². The summed E-state index contributed by atoms with van der Waals surface area (Å²) in [6.07, 6.45) is 2.57. The first kappa shape index (κ1) is 12.2. The molecule has 0 radical (unpaired) electrons. The van der Waals surface area contributed by atoms with Gasteiger partial charge in [0.2, 0.25) is 0 Å². The van der Waals surface area contributed by atoms with Crippen molar-refractivity contribution in [1.29, 1.82) is 0 Å². The molecule has 5 heteroatoms. The molecule has 0 fully saturated rings. The second kappa shape index (κ2) is 4.91. The summed E-state index contributed by atoms with van der Waals surface area (Å²) in [7, 11) is 1.59. The van der Waals surface area contributed by atoms with Crippen molar-refractivity contribution >= 4 is 23.1 Å². The first-order valence-corrected chi connectivity index (χ1v) is 5.61. The van der Waals surface area contributed by atoms with Crippen LogP contribution in [0.25, 0.3) is 17.1 Å². The van der Waals surface area contributed by atoms with Gasteiger partial charge in [-0.3, -0.25) is 0 Å². The fourth-order valence-corrected chi connectivity index (χ4v) is 1.91. The number of nitrogens with zero attached hydrogens (tertiary/aromatic N) is 2. The maximum atomic E-state index is 10.6. The Balaban J connectivity index is 2.64. The van der Waals surface area contributed by atoms with Crippen LogP contribution in [0.4, 0.5) is 0 Å². The molecule has 18 heavy (non-hydrogen) atoms. The maximum Gasteiger partial charge on any atom is 0.328 e. The standard InChI is InChI=1S/C13H14N2O3/c1-3-15-9-5-4-6-10(18-2)13(9)14-11(15)7-8-12(16)17/h4-8H,3H2,1-2H3,(H,16,17)/b8-7+. The highest BCUT2D eigenvalue weighted by Gasteiger charge is 2.11. The number of hydrogen-bond acceptors (Lipinski definition) is 3. The number of methoxy groups -OCH3 is 1. The third-order valence-corrected chi connectivity index (χ3v) is 2.68. The van der Waals surface area contributed by atoms with E-state index in [9.17, 15) is 4.79 Å². The van der Waals surface area contributed by atoms with Crippen molar-refractivity contribution in [3.8, 4) is 5.75 Å². The van der Waals surface area contributed by atoms with E-state index in [2.05, 4.69) is 4.98 Å². The van der Waals surface area contributed by atoms with Crippen LogP contribution in [0.3, 0.4) is 0 Å². The number of rotatable bonds is 4. The summed E-state index contributed by atoms with van der Waals surface area (Å²) in [6.45, 7) is 2.70. The molecule has 1 aromatic carbocycles. The molecule has 0 atom stereocenters. The molecule has 0 aliphatic rings. The number of carbonyl (C=O) groups is 1. The van der Waals surface area contributed by atoms with Crippen molar-refractivity contribution in [2.45, 2.75) is 13.5 Å². The summed E-state index contributed by atoms with van der Waals surface area (Å²) in [5.41, 5.74) is 1.67. The van der Waals surface area contributed by atoms with Gasteiger partial charge in [0, 0.05) is 12.6 Å². The highest BCUT2D eigenvalue weighted by Crippen LogP contribution is 2.26. The molecular formula is C13H14N2O3. The average Bonchev–Trinajstić information content (AvgIpc) is 2.73. The average molecular weight is 246 g/mol. The Morgan fingerprint density at radius 2 is 2.33 bits per heavy atom. The first-order valence-electron chi connectivity index (χ1n) is 5.61. The maximum absolute atomic E-state index is 10.6. The Morgan fingerprint density at radius 1 is 1.56 bits per heavy atom. The van der Waals surface area contributed by atoms with E-state index in [0.717, 1.165) is 17.1 Å². The number of carboxylic acid groups (broad SMARTS) is 1. The summed E-state index contributed by atoms with van der Waals surface area (Å²) in [5, 5.41) is 8.67. The molecule has 5 nitrogen and oxygen atoms in total. The summed E-state index contributed by atoms with van der Waals surface area (Å²) in [4.78, 5) is 15.0. The van der Waals surface area contributed by atoms with Gasteiger partial charge in [0.25, 0.3) is 0 Å². The lowest BCUT2D eigenvalue weighted by Crippen LogP contribution is -1.97. The molecule has 0 aliphatic heterocycles. The van der Waals surface area contributed by atoms with Gasteiger partial charge < -0.3 is 14.4 Å². The van der Waals surface area contributed by atoms with Gasteiger partial charge in [-0.25, -0.2) is 9.78 Å². The Morgan fingerprint density at radius 3 is 2.94 bits per heavy atom. The SMILES string of the molecule is CCn1c(/C=C/C(=O)O)nc2c(OC)cccc21. The zero-order valence-electron chi connectivity index (χ0n) is 10.3. The molecular weight excluding hydrogens is 232 g/mol. The van der Waals surface area contributed by atoms with Gasteiger partial charge in [-0.15, -0.1) is 0 Å². The zero-order valence-corrected chi connectivity index (χ0v) is 10.3. The Bertz CT molecular complexity index is 614. The molecule has 0 saturated heterocycles. The number of para-hydroxylation sites is 1. The summed E-state index contributed by atoms with van der Waals surface area (Å²) < 4.78 is 7.19. The van der Waals surface area contributed by atoms with Crippen molar-refractivity contribution in [3.05, 3.63) is 30.1 Å². The van der Waals surface area contributed by atoms with Crippen molar-refractivity contribution in [1.82, 2.24) is 9.55 Å². The Labute approximate surface area is 104 Å². The van der Waals surface area contributed by atoms with E-state index >= 15 is 0 Å². The van der Waals surface area contributed by atoms with Gasteiger partial charge in [0.05, 0.1) is 12.6 Å². The number of imidazole rings is 1. The number of fused-ring (bicyclic) bond motifs is 1. The van der Waals surface area contributed by atoms with Crippen LogP contribution in [0, 0.1) is 0 Å². The van der Waals surface area contributed by atoms with Crippen LogP contribution >= 0.6 is 0 Å². The van der Waals surface area contributed by atoms with Gasteiger partial charge >= 0.3 is 5.97 Å². The molecule has 1 aromatic heterocycles. The number of aromatic nitrogens is 2. The topological polar surface area (TPSA) is 64.4 Å². The molecule has 0 aliphatic carbocycles. The monoisotopic (exact) mass is 246 g/mol. The van der Waals surface area contributed by atoms with Gasteiger partial charge in [-0.1, -0.05) is 6.07 Å². The van der Waals surface area contributed by atoms with Crippen LogP contribution in [0.15, 0.2) is 24.3 Å². The van der Waals surface area contributed by atoms with Crippen molar-refractivity contribution in [2.75, 3.05) is 7.11 Å². The van der Waals surface area contributed by atoms with Gasteiger partial charge in [0.1, 0.15) is 17.1 Å². The van der Waals surface area contributed by atoms with E-state index in [-0.39, 0.29) is 0 Å².